The fourth-order valence-corrected chi connectivity index (χ4v) is 3.00. The van der Waals surface area contributed by atoms with Crippen molar-refractivity contribution in [2.75, 3.05) is 7.11 Å². The number of rotatable bonds is 9. The van der Waals surface area contributed by atoms with Gasteiger partial charge in [-0.3, -0.25) is 4.18 Å². The first kappa shape index (κ1) is 20.2. The zero-order valence-electron chi connectivity index (χ0n) is 15.6. The maximum absolute atomic E-state index is 12.0. The van der Waals surface area contributed by atoms with Gasteiger partial charge in [0.05, 0.1) is 18.8 Å². The number of aryl methyl sites for hydroxylation is 1. The Hall–Kier alpha value is -2.12. The van der Waals surface area contributed by atoms with Crippen LogP contribution in [0, 0.1) is 6.92 Å². The summed E-state index contributed by atoms with van der Waals surface area (Å²) in [5.41, 5.74) is 2.01. The summed E-state index contributed by atoms with van der Waals surface area (Å²) in [6, 6.07) is 11.3. The third kappa shape index (κ3) is 5.71. The van der Waals surface area contributed by atoms with Crippen molar-refractivity contribution in [3.05, 3.63) is 53.2 Å². The zero-order chi connectivity index (χ0) is 19.2. The molecule has 2 rings (SSSR count). The highest BCUT2D eigenvalue weighted by molar-refractivity contribution is 7.85. The maximum atomic E-state index is 12.0. The van der Waals surface area contributed by atoms with Crippen molar-refractivity contribution in [3.63, 3.8) is 0 Å². The average Bonchev–Trinajstić information content (AvgIpc) is 2.63. The van der Waals surface area contributed by atoms with Gasteiger partial charge in [-0.25, -0.2) is 4.98 Å². The molecule has 1 heterocycles. The predicted octanol–water partition coefficient (Wildman–Crippen LogP) is 3.62. The highest BCUT2D eigenvalue weighted by atomic mass is 32.2. The van der Waals surface area contributed by atoms with Crippen molar-refractivity contribution >= 4 is 10.1 Å². The van der Waals surface area contributed by atoms with Crippen LogP contribution in [0.2, 0.25) is 0 Å². The molecule has 6 nitrogen and oxygen atoms in total. The van der Waals surface area contributed by atoms with Crippen molar-refractivity contribution in [3.8, 4) is 11.6 Å². The van der Waals surface area contributed by atoms with Gasteiger partial charge in [0.1, 0.15) is 18.1 Å². The summed E-state index contributed by atoms with van der Waals surface area (Å²) >= 11 is 0. The molecule has 0 radical (unpaired) electrons. The number of hydrogen-bond donors (Lipinski definition) is 0. The molecule has 0 saturated carbocycles. The minimum absolute atomic E-state index is 0.0669. The molecule has 1 aromatic carbocycles. The molecule has 0 aliphatic rings. The van der Waals surface area contributed by atoms with E-state index in [-0.39, 0.29) is 24.3 Å². The van der Waals surface area contributed by atoms with Gasteiger partial charge in [0.25, 0.3) is 10.1 Å². The lowest BCUT2D eigenvalue weighted by Gasteiger charge is -2.19. The van der Waals surface area contributed by atoms with Crippen LogP contribution in [0.15, 0.2) is 36.4 Å². The molecule has 7 heteroatoms. The second-order valence-corrected chi connectivity index (χ2v) is 7.76. The van der Waals surface area contributed by atoms with Gasteiger partial charge in [0.2, 0.25) is 5.88 Å². The smallest absolute Gasteiger partial charge is 0.271 e. The molecule has 1 unspecified atom stereocenters. The second-order valence-electron chi connectivity index (χ2n) is 6.03. The van der Waals surface area contributed by atoms with E-state index >= 15 is 0 Å². The van der Waals surface area contributed by atoms with Crippen molar-refractivity contribution < 1.29 is 22.1 Å². The fourth-order valence-electron chi connectivity index (χ4n) is 2.26. The maximum Gasteiger partial charge on any atom is 0.271 e. The molecule has 1 aromatic heterocycles. The third-order valence-corrected chi connectivity index (χ3v) is 5.02. The Balaban J connectivity index is 2.39. The van der Waals surface area contributed by atoms with Crippen LogP contribution in [0.3, 0.4) is 0 Å². The molecule has 142 valence electrons. The summed E-state index contributed by atoms with van der Waals surface area (Å²) in [6.07, 6.45) is 0.723. The molecule has 0 aliphatic heterocycles. The number of benzene rings is 1. The largest absolute Gasteiger partial charge is 0.490 e. The lowest BCUT2D eigenvalue weighted by atomic mass is 10.2. The van der Waals surface area contributed by atoms with E-state index in [4.69, 9.17) is 9.47 Å². The lowest BCUT2D eigenvalue weighted by Crippen LogP contribution is -2.15. The Morgan fingerprint density at radius 3 is 2.50 bits per heavy atom. The summed E-state index contributed by atoms with van der Waals surface area (Å²) in [5.74, 6) is 0.329. The zero-order valence-corrected chi connectivity index (χ0v) is 16.4. The van der Waals surface area contributed by atoms with Gasteiger partial charge in [0, 0.05) is 11.8 Å². The van der Waals surface area contributed by atoms with E-state index in [0.717, 1.165) is 19.1 Å². The monoisotopic (exact) mass is 379 g/mol. The van der Waals surface area contributed by atoms with Crippen LogP contribution in [0.1, 0.15) is 37.1 Å². The van der Waals surface area contributed by atoms with Crippen LogP contribution >= 0.6 is 0 Å². The molecule has 0 aliphatic carbocycles. The van der Waals surface area contributed by atoms with Crippen molar-refractivity contribution in [2.45, 2.75) is 45.7 Å². The van der Waals surface area contributed by atoms with Gasteiger partial charge in [-0.1, -0.05) is 37.3 Å². The summed E-state index contributed by atoms with van der Waals surface area (Å²) in [7, 11) is -2.62. The number of aromatic nitrogens is 1. The molecule has 2 aromatic rings. The van der Waals surface area contributed by atoms with Crippen LogP contribution < -0.4 is 9.47 Å². The van der Waals surface area contributed by atoms with E-state index in [1.165, 1.54) is 0 Å². The Morgan fingerprint density at radius 2 is 1.88 bits per heavy atom. The molecular formula is C19H25NO5S. The van der Waals surface area contributed by atoms with Gasteiger partial charge in [-0.05, 0) is 25.8 Å². The molecule has 1 atom stereocenters. The van der Waals surface area contributed by atoms with Gasteiger partial charge in [0.15, 0.2) is 0 Å². The van der Waals surface area contributed by atoms with Crippen LogP contribution in [-0.2, 0) is 26.7 Å². The molecule has 0 saturated heterocycles. The Kier molecular flexibility index (Phi) is 6.99. The van der Waals surface area contributed by atoms with Crippen molar-refractivity contribution in [1.82, 2.24) is 4.98 Å². The van der Waals surface area contributed by atoms with E-state index < -0.39 is 10.1 Å². The van der Waals surface area contributed by atoms with Crippen LogP contribution in [-0.4, -0.2) is 26.6 Å². The first-order valence-electron chi connectivity index (χ1n) is 8.46. The summed E-state index contributed by atoms with van der Waals surface area (Å²) in [4.78, 5) is 4.38. The minimum atomic E-state index is -3.76. The number of pyridine rings is 1. The highest BCUT2D eigenvalue weighted by Gasteiger charge is 2.22. The first-order valence-corrected chi connectivity index (χ1v) is 10.0. The first-order chi connectivity index (χ1) is 12.3. The minimum Gasteiger partial charge on any atom is -0.490 e. The quantitative estimate of drug-likeness (QED) is 0.620. The molecular weight excluding hydrogens is 354 g/mol. The molecule has 0 N–H and O–H groups in total. The molecule has 0 spiro atoms. The van der Waals surface area contributed by atoms with Crippen molar-refractivity contribution in [1.29, 1.82) is 0 Å². The summed E-state index contributed by atoms with van der Waals surface area (Å²) < 4.78 is 40.4. The Labute approximate surface area is 155 Å². The van der Waals surface area contributed by atoms with Gasteiger partial charge < -0.3 is 9.47 Å². The molecule has 0 bridgehead atoms. The average molecular weight is 379 g/mol. The molecule has 0 fully saturated rings. The van der Waals surface area contributed by atoms with E-state index in [9.17, 15) is 8.42 Å². The van der Waals surface area contributed by atoms with Gasteiger partial charge in [-0.15, -0.1) is 0 Å². The van der Waals surface area contributed by atoms with Crippen LogP contribution in [0.25, 0.3) is 0 Å². The van der Waals surface area contributed by atoms with Crippen LogP contribution in [0.4, 0.5) is 0 Å². The number of ether oxygens (including phenoxy) is 2. The van der Waals surface area contributed by atoms with E-state index in [1.807, 2.05) is 51.1 Å². The third-order valence-electron chi connectivity index (χ3n) is 3.87. The van der Waals surface area contributed by atoms with Crippen LogP contribution in [0.5, 0.6) is 11.6 Å². The van der Waals surface area contributed by atoms with Crippen molar-refractivity contribution in [2.24, 2.45) is 0 Å². The van der Waals surface area contributed by atoms with E-state index in [2.05, 4.69) is 9.17 Å². The number of hydrogen-bond acceptors (Lipinski definition) is 6. The normalized spacial score (nSPS) is 12.6. The topological polar surface area (TPSA) is 74.7 Å². The summed E-state index contributed by atoms with van der Waals surface area (Å²) in [6.45, 7) is 6.01. The fraction of sp³-hybridized carbons (Fsp3) is 0.421. The molecule has 26 heavy (non-hydrogen) atoms. The van der Waals surface area contributed by atoms with Gasteiger partial charge in [-0.2, -0.15) is 8.42 Å². The van der Waals surface area contributed by atoms with E-state index in [0.29, 0.717) is 17.0 Å². The van der Waals surface area contributed by atoms with Gasteiger partial charge >= 0.3 is 0 Å². The van der Waals surface area contributed by atoms with E-state index in [1.54, 1.807) is 6.07 Å². The summed E-state index contributed by atoms with van der Waals surface area (Å²) in [5, 5.41) is 0. The standard InChI is InChI=1S/C19H25NO5S/c1-5-15(3)25-18-11-14(2)20-19(17(18)13-26(21,22)23-4)24-12-16-9-7-6-8-10-16/h6-11,15H,5,12-13H2,1-4H3. The SMILES string of the molecule is CCC(C)Oc1cc(C)nc(OCc2ccccc2)c1CS(=O)(=O)OC. The lowest BCUT2D eigenvalue weighted by molar-refractivity contribution is 0.211. The highest BCUT2D eigenvalue weighted by Crippen LogP contribution is 2.32. The second kappa shape index (κ2) is 9.00. The number of nitrogens with zero attached hydrogens (tertiary/aromatic N) is 1. The Bertz CT molecular complexity index is 821. The Morgan fingerprint density at radius 1 is 1.19 bits per heavy atom. The molecule has 0 amide bonds. The predicted molar refractivity (Wildman–Crippen MR) is 99.8 cm³/mol.